The van der Waals surface area contributed by atoms with Gasteiger partial charge in [-0.05, 0) is 49.2 Å². The van der Waals surface area contributed by atoms with Gasteiger partial charge in [-0.1, -0.05) is 37.6 Å². The van der Waals surface area contributed by atoms with Crippen molar-refractivity contribution in [3.63, 3.8) is 0 Å². The average molecular weight is 476 g/mol. The smallest absolute Gasteiger partial charge is 0.359 e. The van der Waals surface area contributed by atoms with Crippen LogP contribution in [0.5, 0.6) is 0 Å². The van der Waals surface area contributed by atoms with E-state index >= 15 is 0 Å². The highest BCUT2D eigenvalue weighted by molar-refractivity contribution is 6.31. The van der Waals surface area contributed by atoms with E-state index in [0.717, 1.165) is 12.8 Å². The van der Waals surface area contributed by atoms with Crippen LogP contribution < -0.4 is 0 Å². The topological polar surface area (TPSA) is 56.5 Å². The maximum absolute atomic E-state index is 14.5. The molecular formula is C24H24Cl2FN3O2. The number of esters is 1. The van der Waals surface area contributed by atoms with Crippen molar-refractivity contribution < 1.29 is 13.9 Å². The fourth-order valence-corrected chi connectivity index (χ4v) is 3.69. The first-order valence-electron chi connectivity index (χ1n) is 10.3. The number of halogens is 3. The van der Waals surface area contributed by atoms with Gasteiger partial charge in [0.25, 0.3) is 0 Å². The molecule has 0 atom stereocenters. The zero-order valence-electron chi connectivity index (χ0n) is 18.1. The summed E-state index contributed by atoms with van der Waals surface area (Å²) in [5.74, 6) is -0.825. The van der Waals surface area contributed by atoms with Crippen molar-refractivity contribution in [2.24, 2.45) is 4.99 Å². The Hall–Kier alpha value is -2.70. The third-order valence-electron chi connectivity index (χ3n) is 5.15. The number of hydrogen-bond acceptors (Lipinski definition) is 4. The summed E-state index contributed by atoms with van der Waals surface area (Å²) in [5.41, 5.74) is 3.14. The molecule has 0 N–H and O–H groups in total. The largest absolute Gasteiger partial charge is 0.458 e. The summed E-state index contributed by atoms with van der Waals surface area (Å²) in [6.45, 7) is 4.19. The number of aliphatic imine (C=N–C) groups is 1. The van der Waals surface area contributed by atoms with Gasteiger partial charge in [-0.15, -0.1) is 11.6 Å². The first kappa shape index (κ1) is 24.0. The van der Waals surface area contributed by atoms with Crippen molar-refractivity contribution in [2.45, 2.75) is 39.3 Å². The number of nitrogens with zero attached hydrogens (tertiary/aromatic N) is 3. The third-order valence-corrected chi connectivity index (χ3v) is 5.38. The lowest BCUT2D eigenvalue weighted by atomic mass is 10.00. The minimum absolute atomic E-state index is 0.143. The van der Waals surface area contributed by atoms with Crippen LogP contribution in [-0.2, 0) is 11.3 Å². The van der Waals surface area contributed by atoms with E-state index < -0.39 is 5.97 Å². The average Bonchev–Trinajstić information content (AvgIpc) is 3.18. The number of rotatable bonds is 5. The fraction of sp³-hybridized carbons (Fsp3) is 0.292. The number of hydrogen-bond donors (Lipinski definition) is 0. The monoisotopic (exact) mass is 475 g/mol. The summed E-state index contributed by atoms with van der Waals surface area (Å²) >= 11 is 10.9. The number of alkyl halides is 1. The normalized spacial score (nSPS) is 12.2. The molecule has 4 rings (SSSR count). The van der Waals surface area contributed by atoms with Crippen LogP contribution in [-0.4, -0.2) is 33.9 Å². The Labute approximate surface area is 196 Å². The van der Waals surface area contributed by atoms with Gasteiger partial charge in [-0.25, -0.2) is 13.9 Å². The van der Waals surface area contributed by atoms with Crippen LogP contribution >= 0.6 is 23.2 Å². The van der Waals surface area contributed by atoms with Crippen molar-refractivity contribution >= 4 is 34.9 Å². The lowest BCUT2D eigenvalue weighted by Crippen LogP contribution is -2.17. The number of benzene rings is 2. The van der Waals surface area contributed by atoms with Crippen molar-refractivity contribution in [3.05, 3.63) is 81.9 Å². The van der Waals surface area contributed by atoms with Crippen LogP contribution in [0, 0.1) is 5.82 Å². The van der Waals surface area contributed by atoms with E-state index in [0.29, 0.717) is 33.2 Å². The number of ether oxygens (including phenoxy) is 1. The summed E-state index contributed by atoms with van der Waals surface area (Å²) in [4.78, 5) is 17.2. The third kappa shape index (κ3) is 4.87. The minimum atomic E-state index is -0.460. The second-order valence-corrected chi connectivity index (χ2v) is 7.52. The van der Waals surface area contributed by atoms with Gasteiger partial charge in [-0.2, -0.15) is 5.10 Å². The van der Waals surface area contributed by atoms with Gasteiger partial charge >= 0.3 is 5.97 Å². The van der Waals surface area contributed by atoms with E-state index in [2.05, 4.69) is 21.7 Å². The molecule has 32 heavy (non-hydrogen) atoms. The molecule has 3 aromatic rings. The molecule has 1 aliphatic heterocycles. The Morgan fingerprint density at radius 1 is 1.12 bits per heavy atom. The molecule has 0 aliphatic carbocycles. The summed E-state index contributed by atoms with van der Waals surface area (Å²) in [7, 11) is 0. The zero-order valence-corrected chi connectivity index (χ0v) is 19.6. The van der Waals surface area contributed by atoms with Gasteiger partial charge in [0.05, 0.1) is 23.6 Å². The van der Waals surface area contributed by atoms with E-state index in [9.17, 15) is 9.18 Å². The highest BCUT2D eigenvalue weighted by atomic mass is 35.5. The van der Waals surface area contributed by atoms with Crippen LogP contribution in [0.1, 0.15) is 54.0 Å². The van der Waals surface area contributed by atoms with Gasteiger partial charge < -0.3 is 4.74 Å². The molecule has 1 aromatic heterocycles. The van der Waals surface area contributed by atoms with Gasteiger partial charge in [0, 0.05) is 22.5 Å². The van der Waals surface area contributed by atoms with Gasteiger partial charge in [-0.3, -0.25) is 4.99 Å². The summed E-state index contributed by atoms with van der Waals surface area (Å²) in [6.07, 6.45) is 2.82. The zero-order chi connectivity index (χ0) is 23.3. The molecule has 0 unspecified atom stereocenters. The number of carbonyl (C=O) groups excluding carboxylic acids is 1. The molecule has 0 amide bonds. The second-order valence-electron chi connectivity index (χ2n) is 7.08. The molecule has 8 heteroatoms. The van der Waals surface area contributed by atoms with Gasteiger partial charge in [0.1, 0.15) is 11.9 Å². The first-order valence-corrected chi connectivity index (χ1v) is 11.4. The molecule has 168 valence electrons. The van der Waals surface area contributed by atoms with E-state index in [1.165, 1.54) is 12.4 Å². The van der Waals surface area contributed by atoms with Crippen LogP contribution in [0.4, 0.5) is 4.39 Å². The van der Waals surface area contributed by atoms with E-state index in [1.54, 1.807) is 47.1 Å². The summed E-state index contributed by atoms with van der Waals surface area (Å²) in [6, 6.07) is 13.4. The van der Waals surface area contributed by atoms with Crippen molar-refractivity contribution in [1.29, 1.82) is 0 Å². The minimum Gasteiger partial charge on any atom is -0.458 e. The molecule has 2 heterocycles. The molecule has 0 fully saturated rings. The van der Waals surface area contributed by atoms with Gasteiger partial charge in [0.15, 0.2) is 5.69 Å². The quantitative estimate of drug-likeness (QED) is 0.325. The summed E-state index contributed by atoms with van der Waals surface area (Å²) in [5, 5.41) is 4.99. The predicted octanol–water partition coefficient (Wildman–Crippen LogP) is 6.22. The molecule has 0 spiro atoms. The van der Waals surface area contributed by atoms with Crippen LogP contribution in [0.25, 0.3) is 5.69 Å². The molecule has 1 aliphatic rings. The molecule has 0 saturated carbocycles. The maximum atomic E-state index is 14.5. The second kappa shape index (κ2) is 10.7. The Morgan fingerprint density at radius 2 is 1.84 bits per heavy atom. The van der Waals surface area contributed by atoms with E-state index in [4.69, 9.17) is 16.3 Å². The lowest BCUT2D eigenvalue weighted by molar-refractivity contribution is 0.0277. The SMILES string of the molecule is CCC(CC)OC(=O)c1cc2n(n1)-c1ccc(Cl)cc1C(c1ccccc1F)=NC2.CCl. The lowest BCUT2D eigenvalue weighted by Gasteiger charge is -2.13. The fourth-order valence-electron chi connectivity index (χ4n) is 3.52. The Kier molecular flexibility index (Phi) is 8.04. The van der Waals surface area contributed by atoms with Crippen molar-refractivity contribution in [1.82, 2.24) is 9.78 Å². The van der Waals surface area contributed by atoms with E-state index in [1.807, 2.05) is 13.8 Å². The Balaban J connectivity index is 0.00000141. The van der Waals surface area contributed by atoms with Crippen LogP contribution in [0.2, 0.25) is 5.02 Å². The predicted molar refractivity (Wildman–Crippen MR) is 126 cm³/mol. The van der Waals surface area contributed by atoms with Crippen LogP contribution in [0.15, 0.2) is 53.5 Å². The molecule has 2 aromatic carbocycles. The Morgan fingerprint density at radius 3 is 2.53 bits per heavy atom. The Bertz CT molecular complexity index is 1140. The molecule has 0 radical (unpaired) electrons. The molecule has 0 bridgehead atoms. The molecule has 5 nitrogen and oxygen atoms in total. The standard InChI is InChI=1S/C23H21ClFN3O2.CH3Cl/c1-3-16(4-2)30-23(29)20-12-15-13-26-22(17-7-5-6-8-19(17)25)18-11-14(24)9-10-21(18)28(15)27-20;1-2/h5-12,16H,3-4,13H2,1-2H3;1H3. The van der Waals surface area contributed by atoms with Crippen molar-refractivity contribution in [2.75, 3.05) is 6.38 Å². The summed E-state index contributed by atoms with van der Waals surface area (Å²) < 4.78 is 21.7. The maximum Gasteiger partial charge on any atom is 0.359 e. The van der Waals surface area contributed by atoms with E-state index in [-0.39, 0.29) is 24.2 Å². The van der Waals surface area contributed by atoms with Crippen molar-refractivity contribution in [3.8, 4) is 5.69 Å². The highest BCUT2D eigenvalue weighted by Gasteiger charge is 2.25. The molecular weight excluding hydrogens is 452 g/mol. The first-order chi connectivity index (χ1) is 15.5. The number of aromatic nitrogens is 2. The van der Waals surface area contributed by atoms with Crippen LogP contribution in [0.3, 0.4) is 0 Å². The molecule has 0 saturated heterocycles. The number of fused-ring (bicyclic) bond motifs is 3. The number of carbonyl (C=O) groups is 1. The highest BCUT2D eigenvalue weighted by Crippen LogP contribution is 2.29. The van der Waals surface area contributed by atoms with Gasteiger partial charge in [0.2, 0.25) is 0 Å².